The Kier molecular flexibility index (Phi) is 7.99. The monoisotopic (exact) mass is 506 g/mol. The Morgan fingerprint density at radius 3 is 2.24 bits per heavy atom. The number of fused-ring (bicyclic) bond motifs is 5. The van der Waals surface area contributed by atoms with Gasteiger partial charge >= 0.3 is 0 Å². The molecule has 0 saturated heterocycles. The van der Waals surface area contributed by atoms with Gasteiger partial charge in [0.1, 0.15) is 6.29 Å². The summed E-state index contributed by atoms with van der Waals surface area (Å²) >= 11 is 0. The quantitative estimate of drug-likeness (QED) is 0.358. The summed E-state index contributed by atoms with van der Waals surface area (Å²) in [5, 5.41) is 11.2. The molecule has 0 amide bonds. The minimum atomic E-state index is -0.184. The van der Waals surface area contributed by atoms with Crippen LogP contribution in [0.4, 0.5) is 0 Å². The molecule has 2 nitrogen and oxygen atoms in total. The second-order valence-electron chi connectivity index (χ2n) is 14.9. The minimum absolute atomic E-state index is 0.184. The van der Waals surface area contributed by atoms with E-state index in [0.717, 1.165) is 60.2 Å². The predicted octanol–water partition coefficient (Wildman–Crippen LogP) is 8.75. The van der Waals surface area contributed by atoms with E-state index in [2.05, 4.69) is 46.8 Å². The van der Waals surface area contributed by atoms with E-state index in [1.54, 1.807) is 0 Å². The molecule has 1 aromatic rings. The number of hydrogen-bond donors (Lipinski definition) is 1. The molecule has 5 rings (SSSR count). The summed E-state index contributed by atoms with van der Waals surface area (Å²) in [6, 6.07) is 8.11. The van der Waals surface area contributed by atoms with Crippen molar-refractivity contribution in [2.45, 2.75) is 118 Å². The molecule has 0 spiro atoms. The summed E-state index contributed by atoms with van der Waals surface area (Å²) in [4.78, 5) is 11.1. The van der Waals surface area contributed by atoms with Crippen molar-refractivity contribution < 1.29 is 9.90 Å². The number of hydrogen-bond acceptors (Lipinski definition) is 2. The summed E-state index contributed by atoms with van der Waals surface area (Å²) < 4.78 is 0. The molecule has 206 valence electrons. The van der Waals surface area contributed by atoms with Gasteiger partial charge in [-0.25, -0.2) is 0 Å². The van der Waals surface area contributed by atoms with E-state index >= 15 is 0 Å². The number of rotatable bonds is 8. The molecule has 4 fully saturated rings. The number of carbonyl (C=O) groups excluding carboxylic acids is 1. The van der Waals surface area contributed by atoms with Crippen LogP contribution in [0, 0.1) is 58.2 Å². The Balaban J connectivity index is 1.31. The van der Waals surface area contributed by atoms with Gasteiger partial charge in [-0.3, -0.25) is 4.79 Å². The molecule has 0 aromatic heterocycles. The third-order valence-electron chi connectivity index (χ3n) is 12.7. The van der Waals surface area contributed by atoms with E-state index in [-0.39, 0.29) is 6.10 Å². The first kappa shape index (κ1) is 27.4. The first-order valence-electron chi connectivity index (χ1n) is 15.9. The zero-order valence-electron chi connectivity index (χ0n) is 24.4. The van der Waals surface area contributed by atoms with Crippen LogP contribution in [0.15, 0.2) is 24.3 Å². The maximum atomic E-state index is 11.2. The van der Waals surface area contributed by atoms with Crippen molar-refractivity contribution in [2.75, 3.05) is 0 Å². The van der Waals surface area contributed by atoms with Gasteiger partial charge in [0.2, 0.25) is 0 Å². The summed E-state index contributed by atoms with van der Waals surface area (Å²) in [5.74, 6) is 6.26. The first-order valence-corrected chi connectivity index (χ1v) is 15.9. The van der Waals surface area contributed by atoms with Crippen LogP contribution in [0.3, 0.4) is 0 Å². The van der Waals surface area contributed by atoms with Gasteiger partial charge < -0.3 is 5.11 Å². The lowest BCUT2D eigenvalue weighted by Gasteiger charge is -2.63. The van der Waals surface area contributed by atoms with E-state index in [9.17, 15) is 9.90 Å². The fourth-order valence-corrected chi connectivity index (χ4v) is 10.8. The van der Waals surface area contributed by atoms with Gasteiger partial charge in [-0.05, 0) is 122 Å². The van der Waals surface area contributed by atoms with E-state index in [1.165, 1.54) is 69.8 Å². The van der Waals surface area contributed by atoms with Gasteiger partial charge in [-0.15, -0.1) is 0 Å². The SMILES string of the molecule is CC(C)CCC[C@@H](C)[C@H]1CCC2C3CCC4[C@H](Cc5ccc(C=O)cc5)[C@H](O)CC[C@]4(C)C3CC[C@@]21C. The van der Waals surface area contributed by atoms with E-state index in [4.69, 9.17) is 0 Å². The maximum absolute atomic E-state index is 11.2. The number of aliphatic hydroxyl groups excluding tert-OH is 1. The third-order valence-corrected chi connectivity index (χ3v) is 12.7. The van der Waals surface area contributed by atoms with Gasteiger partial charge in [0.15, 0.2) is 0 Å². The van der Waals surface area contributed by atoms with Crippen LogP contribution in [0.5, 0.6) is 0 Å². The minimum Gasteiger partial charge on any atom is -0.393 e. The molecule has 4 aliphatic carbocycles. The molecule has 1 N–H and O–H groups in total. The Labute approximate surface area is 227 Å². The highest BCUT2D eigenvalue weighted by molar-refractivity contribution is 5.74. The van der Waals surface area contributed by atoms with Crippen molar-refractivity contribution in [3.63, 3.8) is 0 Å². The van der Waals surface area contributed by atoms with Gasteiger partial charge in [-0.1, -0.05) is 78.1 Å². The number of benzene rings is 1. The Hall–Kier alpha value is -1.15. The fourth-order valence-electron chi connectivity index (χ4n) is 10.8. The fraction of sp³-hybridized carbons (Fsp3) is 0.800. The zero-order chi connectivity index (χ0) is 26.4. The molecule has 1 aromatic carbocycles. The van der Waals surface area contributed by atoms with E-state index in [0.29, 0.717) is 22.7 Å². The smallest absolute Gasteiger partial charge is 0.150 e. The van der Waals surface area contributed by atoms with Crippen LogP contribution in [0.2, 0.25) is 0 Å². The van der Waals surface area contributed by atoms with Crippen LogP contribution in [0.1, 0.15) is 121 Å². The van der Waals surface area contributed by atoms with Crippen LogP contribution in [0.25, 0.3) is 0 Å². The highest BCUT2D eigenvalue weighted by Gasteiger charge is 2.61. The van der Waals surface area contributed by atoms with Crippen LogP contribution >= 0.6 is 0 Å². The largest absolute Gasteiger partial charge is 0.393 e. The molecule has 0 radical (unpaired) electrons. The van der Waals surface area contributed by atoms with Gasteiger partial charge in [0.25, 0.3) is 0 Å². The van der Waals surface area contributed by atoms with E-state index in [1.807, 2.05) is 12.1 Å². The average Bonchev–Trinajstić information content (AvgIpc) is 3.23. The molecule has 0 heterocycles. The second kappa shape index (κ2) is 10.8. The molecule has 37 heavy (non-hydrogen) atoms. The number of aldehydes is 1. The average molecular weight is 507 g/mol. The van der Waals surface area contributed by atoms with Crippen molar-refractivity contribution in [1.29, 1.82) is 0 Å². The van der Waals surface area contributed by atoms with Crippen LogP contribution in [-0.4, -0.2) is 17.5 Å². The number of aliphatic hydroxyl groups is 1. The third kappa shape index (κ3) is 4.99. The Bertz CT molecular complexity index is 920. The van der Waals surface area contributed by atoms with Crippen LogP contribution < -0.4 is 0 Å². The van der Waals surface area contributed by atoms with Crippen molar-refractivity contribution in [3.05, 3.63) is 35.4 Å². The van der Waals surface area contributed by atoms with Crippen LogP contribution in [-0.2, 0) is 6.42 Å². The Morgan fingerprint density at radius 2 is 1.54 bits per heavy atom. The molecule has 10 atom stereocenters. The van der Waals surface area contributed by atoms with Gasteiger partial charge in [0.05, 0.1) is 6.10 Å². The molecule has 4 unspecified atom stereocenters. The normalized spacial score (nSPS) is 42.1. The Morgan fingerprint density at radius 1 is 0.865 bits per heavy atom. The summed E-state index contributed by atoms with van der Waals surface area (Å²) in [6.45, 7) is 12.7. The predicted molar refractivity (Wildman–Crippen MR) is 153 cm³/mol. The number of carbonyl (C=O) groups is 1. The van der Waals surface area contributed by atoms with Crippen molar-refractivity contribution in [2.24, 2.45) is 58.2 Å². The highest BCUT2D eigenvalue weighted by atomic mass is 16.3. The van der Waals surface area contributed by atoms with E-state index < -0.39 is 0 Å². The zero-order valence-corrected chi connectivity index (χ0v) is 24.4. The molecule has 2 heteroatoms. The summed E-state index contributed by atoms with van der Waals surface area (Å²) in [6.07, 6.45) is 16.5. The summed E-state index contributed by atoms with van der Waals surface area (Å²) in [7, 11) is 0. The highest BCUT2D eigenvalue weighted by Crippen LogP contribution is 2.69. The van der Waals surface area contributed by atoms with Gasteiger partial charge in [0, 0.05) is 5.56 Å². The topological polar surface area (TPSA) is 37.3 Å². The van der Waals surface area contributed by atoms with Gasteiger partial charge in [-0.2, -0.15) is 0 Å². The van der Waals surface area contributed by atoms with Crippen molar-refractivity contribution >= 4 is 6.29 Å². The molecule has 0 bridgehead atoms. The molecule has 4 aliphatic rings. The van der Waals surface area contributed by atoms with Crippen molar-refractivity contribution in [3.8, 4) is 0 Å². The first-order chi connectivity index (χ1) is 17.7. The molecular formula is C35H54O2. The molecular weight excluding hydrogens is 452 g/mol. The summed E-state index contributed by atoms with van der Waals surface area (Å²) in [5.41, 5.74) is 2.95. The van der Waals surface area contributed by atoms with Crippen molar-refractivity contribution in [1.82, 2.24) is 0 Å². The molecule has 4 saturated carbocycles. The molecule has 0 aliphatic heterocycles. The maximum Gasteiger partial charge on any atom is 0.150 e. The standard InChI is InChI=1S/C35H54O2/c1-23(2)7-6-8-24(3)29-15-16-30-27-13-14-31-28(21-25-9-11-26(22-36)12-10-25)33(37)18-20-35(31,5)32(27)17-19-34(29,30)4/h9-12,22-24,27-33,37H,6-8,13-21H2,1-5H3/t24-,27?,28+,29-,30?,31?,32?,33-,34-,35+/m1/s1. The lowest BCUT2D eigenvalue weighted by atomic mass is 9.42. The lowest BCUT2D eigenvalue weighted by molar-refractivity contribution is -0.152. The lowest BCUT2D eigenvalue weighted by Crippen LogP contribution is -2.57. The second-order valence-corrected chi connectivity index (χ2v) is 14.9.